The van der Waals surface area contributed by atoms with Gasteiger partial charge in [-0.1, -0.05) is 16.7 Å². The van der Waals surface area contributed by atoms with Gasteiger partial charge in [0.05, 0.1) is 19.8 Å². The maximum absolute atomic E-state index is 12.8. The second kappa shape index (κ2) is 27.9. The van der Waals surface area contributed by atoms with Crippen molar-refractivity contribution in [2.24, 2.45) is 0 Å². The van der Waals surface area contributed by atoms with Gasteiger partial charge in [0, 0.05) is 77.9 Å². The van der Waals surface area contributed by atoms with Crippen LogP contribution in [0.4, 0.5) is 0 Å². The normalized spacial score (nSPS) is 22.2. The number of hydrogen-bond acceptors (Lipinski definition) is 15. The molecule has 60 heavy (non-hydrogen) atoms. The molecule has 1 rings (SSSR count). The molecule has 0 saturated heterocycles. The Morgan fingerprint density at radius 1 is 0.500 bits per heavy atom. The molecular weight excluding hydrogens is 792 g/mol. The minimum Gasteiger partial charge on any atom is -0.756 e. The number of ether oxygens (including phenoxy) is 3. The summed E-state index contributed by atoms with van der Waals surface area (Å²) in [6.45, 7) is 6.46. The molecule has 21 nitrogen and oxygen atoms in total. The molecule has 0 bridgehead atoms. The van der Waals surface area contributed by atoms with E-state index in [2.05, 4.69) is 16.0 Å². The lowest BCUT2D eigenvalue weighted by Gasteiger charge is -2.28. The smallest absolute Gasteiger partial charge is 0.328 e. The van der Waals surface area contributed by atoms with Crippen LogP contribution in [0.25, 0.3) is 0 Å². The molecule has 3 atom stereocenters. The van der Waals surface area contributed by atoms with Gasteiger partial charge in [-0.15, -0.1) is 0 Å². The fraction of sp³-hybridized carbons (Fsp3) is 0.615. The van der Waals surface area contributed by atoms with Crippen molar-refractivity contribution in [3.8, 4) is 0 Å². The third kappa shape index (κ3) is 22.5. The number of hydrogen-bond donors (Lipinski definition) is 3. The average Bonchev–Trinajstić information content (AvgIpc) is 3.15. The molecule has 0 radical (unpaired) electrons. The summed E-state index contributed by atoms with van der Waals surface area (Å²) in [5.41, 5.74) is 1.16. The van der Waals surface area contributed by atoms with Gasteiger partial charge in [-0.2, -0.15) is 0 Å². The van der Waals surface area contributed by atoms with Crippen LogP contribution in [0.5, 0.6) is 0 Å². The summed E-state index contributed by atoms with van der Waals surface area (Å²) in [7, 11) is 0. The second-order valence-corrected chi connectivity index (χ2v) is 14.2. The Morgan fingerprint density at radius 3 is 0.950 bits per heavy atom. The molecule has 1 unspecified atom stereocenters. The molecule has 0 aromatic rings. The number of carbonyl (C=O) groups is 9. The molecule has 0 fully saturated rings. The van der Waals surface area contributed by atoms with Gasteiger partial charge in [0.2, 0.25) is 35.4 Å². The van der Waals surface area contributed by atoms with E-state index in [4.69, 9.17) is 14.2 Å². The van der Waals surface area contributed by atoms with Crippen LogP contribution in [0.15, 0.2) is 34.9 Å². The molecule has 0 aromatic carbocycles. The first kappa shape index (κ1) is 52.3. The molecule has 336 valence electrons. The van der Waals surface area contributed by atoms with Gasteiger partial charge in [-0.3, -0.25) is 28.8 Å². The Hall–Kier alpha value is -5.67. The summed E-state index contributed by atoms with van der Waals surface area (Å²) in [5, 5.41) is 45.2. The highest BCUT2D eigenvalue weighted by Crippen LogP contribution is 2.11. The van der Waals surface area contributed by atoms with Crippen LogP contribution < -0.4 is 16.0 Å². The van der Waals surface area contributed by atoms with Crippen molar-refractivity contribution in [2.45, 2.75) is 117 Å². The monoisotopic (exact) mass is 849 g/mol. The first-order valence-electron chi connectivity index (χ1n) is 19.5. The Labute approximate surface area is 349 Å². The minimum absolute atomic E-state index is 0.00154. The predicted octanol–water partition coefficient (Wildman–Crippen LogP) is 1.47. The van der Waals surface area contributed by atoms with E-state index in [9.17, 15) is 58.8 Å². The second-order valence-electron chi connectivity index (χ2n) is 14.2. The maximum atomic E-state index is 12.8. The summed E-state index contributed by atoms with van der Waals surface area (Å²) in [6.07, 6.45) is 3.14. The van der Waals surface area contributed by atoms with Gasteiger partial charge >= 0.3 is 17.9 Å². The van der Waals surface area contributed by atoms with E-state index >= 15 is 0 Å². The quantitative estimate of drug-likeness (QED) is 0.268. The minimum atomic E-state index is -1.15. The summed E-state index contributed by atoms with van der Waals surface area (Å²) >= 11 is 0. The van der Waals surface area contributed by atoms with Crippen molar-refractivity contribution in [2.75, 3.05) is 39.5 Å². The van der Waals surface area contributed by atoms with Crippen LogP contribution in [0, 0.1) is 15.6 Å². The molecule has 1 aliphatic heterocycles. The van der Waals surface area contributed by atoms with Crippen LogP contribution in [0.2, 0.25) is 0 Å². The zero-order chi connectivity index (χ0) is 45.4. The molecule has 0 spiro atoms. The first-order valence-corrected chi connectivity index (χ1v) is 19.5. The first-order chi connectivity index (χ1) is 28.2. The van der Waals surface area contributed by atoms with Gasteiger partial charge in [0.1, 0.15) is 18.1 Å². The van der Waals surface area contributed by atoms with E-state index < -0.39 is 71.5 Å². The summed E-state index contributed by atoms with van der Waals surface area (Å²) in [6, 6.07) is -3.46. The number of nitrogens with zero attached hydrogens (tertiary/aromatic N) is 3. The zero-order valence-corrected chi connectivity index (χ0v) is 35.0. The summed E-state index contributed by atoms with van der Waals surface area (Å²) in [5.74, 6) is -6.86. The highest BCUT2D eigenvalue weighted by molar-refractivity contribution is 5.90. The van der Waals surface area contributed by atoms with Crippen LogP contribution in [-0.2, 0) is 57.4 Å². The lowest BCUT2D eigenvalue weighted by atomic mass is 10.1. The van der Waals surface area contributed by atoms with E-state index in [1.165, 1.54) is 41.5 Å². The van der Waals surface area contributed by atoms with Gasteiger partial charge in [-0.25, -0.2) is 14.4 Å². The van der Waals surface area contributed by atoms with Crippen LogP contribution in [0.3, 0.4) is 0 Å². The summed E-state index contributed by atoms with van der Waals surface area (Å²) in [4.78, 5) is 111. The summed E-state index contributed by atoms with van der Waals surface area (Å²) < 4.78 is 15.8. The van der Waals surface area contributed by atoms with Crippen molar-refractivity contribution in [1.29, 1.82) is 0 Å². The maximum Gasteiger partial charge on any atom is 0.328 e. The van der Waals surface area contributed by atoms with Crippen molar-refractivity contribution in [3.63, 3.8) is 0 Å². The molecule has 0 saturated carbocycles. The van der Waals surface area contributed by atoms with Crippen LogP contribution >= 0.6 is 0 Å². The fourth-order valence-electron chi connectivity index (χ4n) is 5.44. The third-order valence-electron chi connectivity index (χ3n) is 8.62. The van der Waals surface area contributed by atoms with Crippen LogP contribution in [-0.4, -0.2) is 126 Å². The highest BCUT2D eigenvalue weighted by Gasteiger charge is 2.24. The number of hydroxylamine groups is 6. The fourth-order valence-corrected chi connectivity index (χ4v) is 5.44. The number of nitrogens with one attached hydrogen (secondary N) is 3. The molecule has 0 aliphatic carbocycles. The zero-order valence-electron chi connectivity index (χ0n) is 35.0. The van der Waals surface area contributed by atoms with E-state index in [0.717, 1.165) is 18.2 Å². The van der Waals surface area contributed by atoms with Gasteiger partial charge in [-0.05, 0) is 59.3 Å². The SMILES string of the molecule is CC(=O)NC1CCCN([O-])C(=O)C=C(C)CCOC(=O)[C@@H](NC(C)=O)CCCN([O-])C(=O)C=C(C)CCOC(=O)[C@@H](NC(C)=O)CCCN([O-])C(=O)C=C(C)CCOC1=O. The number of rotatable bonds is 3. The van der Waals surface area contributed by atoms with Crippen molar-refractivity contribution in [3.05, 3.63) is 50.6 Å². The molecular formula is C39H57N6O15-3. The third-order valence-corrected chi connectivity index (χ3v) is 8.62. The molecule has 6 amide bonds. The topological polar surface area (TPSA) is 296 Å². The number of esters is 3. The number of cyclic esters (lactones) is 3. The largest absolute Gasteiger partial charge is 0.756 e. The van der Waals surface area contributed by atoms with Crippen molar-refractivity contribution < 1.29 is 57.4 Å². The van der Waals surface area contributed by atoms with Crippen molar-refractivity contribution >= 4 is 53.4 Å². The molecule has 3 N–H and O–H groups in total. The Bertz CT molecular complexity index is 1440. The lowest BCUT2D eigenvalue weighted by molar-refractivity contribution is -0.148. The Balaban J connectivity index is 3.15. The van der Waals surface area contributed by atoms with Gasteiger partial charge in [0.15, 0.2) is 0 Å². The molecule has 1 aliphatic rings. The van der Waals surface area contributed by atoms with Gasteiger partial charge in [0.25, 0.3) is 0 Å². The highest BCUT2D eigenvalue weighted by atomic mass is 16.5. The van der Waals surface area contributed by atoms with E-state index in [1.54, 1.807) is 0 Å². The number of carbonyl (C=O) groups excluding carboxylic acids is 9. The lowest BCUT2D eigenvalue weighted by Crippen LogP contribution is -2.41. The Kier molecular flexibility index (Phi) is 24.4. The predicted molar refractivity (Wildman–Crippen MR) is 214 cm³/mol. The Morgan fingerprint density at radius 2 is 0.733 bits per heavy atom. The standard InChI is InChI=1S/C39H57N6O15/c1-25-13-19-58-37(52)31(40-28(4)46)11-8-17-44(56)35(50)23-27(3)15-21-60-39(54)33(42-30(6)48)12-9-18-45(57)36(51)24-26(2)14-20-59-38(53)32(41-29(5)47)10-7-16-43(55)34(49)22-25/h22-24,31-33H,7-21H2,1-6H3,(H,40,46)(H,41,47)(H,42,48)/q-3/t31-,32-,33?/m0/s1. The van der Waals surface area contributed by atoms with E-state index in [-0.39, 0.29) is 112 Å². The molecule has 0 aromatic heterocycles. The average molecular weight is 850 g/mol. The van der Waals surface area contributed by atoms with E-state index in [0.29, 0.717) is 16.7 Å². The molecule has 21 heteroatoms. The van der Waals surface area contributed by atoms with E-state index in [1.807, 2.05) is 0 Å². The molecule has 1 heterocycles. The van der Waals surface area contributed by atoms with Crippen molar-refractivity contribution in [1.82, 2.24) is 31.1 Å². The van der Waals surface area contributed by atoms with Crippen LogP contribution in [0.1, 0.15) is 99.3 Å². The number of amides is 6. The van der Waals surface area contributed by atoms with Gasteiger partial charge < -0.3 is 61.0 Å².